The predicted octanol–water partition coefficient (Wildman–Crippen LogP) is 2.07. The number of aromatic nitrogens is 1. The highest BCUT2D eigenvalue weighted by molar-refractivity contribution is 6.01. The van der Waals surface area contributed by atoms with Gasteiger partial charge in [-0.1, -0.05) is 12.1 Å². The molecule has 0 aliphatic carbocycles. The quantitative estimate of drug-likeness (QED) is 0.750. The van der Waals surface area contributed by atoms with Gasteiger partial charge < -0.3 is 5.11 Å². The summed E-state index contributed by atoms with van der Waals surface area (Å²) >= 11 is 0. The molecule has 1 N–H and O–H groups in total. The van der Waals surface area contributed by atoms with Gasteiger partial charge in [0.2, 0.25) is 0 Å². The average molecular weight is 191 g/mol. The molecule has 1 aromatic heterocycles. The maximum atomic E-state index is 13.2. The number of carboxylic acid groups (broad SMARTS) is 1. The molecule has 0 saturated heterocycles. The van der Waals surface area contributed by atoms with E-state index in [1.165, 1.54) is 30.5 Å². The Bertz CT molecular complexity index is 510. The summed E-state index contributed by atoms with van der Waals surface area (Å²) in [6.45, 7) is 0. The number of hydrogen-bond donors (Lipinski definition) is 1. The highest BCUT2D eigenvalue weighted by Gasteiger charge is 2.10. The Balaban J connectivity index is 2.88. The molecule has 0 spiro atoms. The lowest BCUT2D eigenvalue weighted by atomic mass is 10.1. The van der Waals surface area contributed by atoms with E-state index in [-0.39, 0.29) is 11.1 Å². The van der Waals surface area contributed by atoms with Crippen molar-refractivity contribution >= 4 is 16.7 Å². The Morgan fingerprint density at radius 3 is 2.79 bits per heavy atom. The van der Waals surface area contributed by atoms with Gasteiger partial charge in [-0.3, -0.25) is 0 Å². The number of nitrogens with zero attached hydrogens (tertiary/aromatic N) is 1. The first-order valence-corrected chi connectivity index (χ1v) is 3.96. The fraction of sp³-hybridized carbons (Fsp3) is 0. The minimum atomic E-state index is -1.15. The van der Waals surface area contributed by atoms with Crippen molar-refractivity contribution < 1.29 is 14.3 Å². The van der Waals surface area contributed by atoms with Crippen LogP contribution in [0.3, 0.4) is 0 Å². The van der Waals surface area contributed by atoms with E-state index in [9.17, 15) is 9.18 Å². The van der Waals surface area contributed by atoms with Gasteiger partial charge in [0.05, 0.1) is 0 Å². The largest absolute Gasteiger partial charge is 0.476 e. The van der Waals surface area contributed by atoms with E-state index in [0.717, 1.165) is 0 Å². The van der Waals surface area contributed by atoms with E-state index in [0.29, 0.717) is 5.39 Å². The summed E-state index contributed by atoms with van der Waals surface area (Å²) < 4.78 is 13.2. The summed E-state index contributed by atoms with van der Waals surface area (Å²) in [5, 5.41) is 9.39. The number of rotatable bonds is 1. The van der Waals surface area contributed by atoms with Gasteiger partial charge >= 0.3 is 5.97 Å². The van der Waals surface area contributed by atoms with Crippen LogP contribution in [0, 0.1) is 5.82 Å². The topological polar surface area (TPSA) is 50.2 Å². The molecule has 0 atom stereocenters. The number of halogens is 1. The summed E-state index contributed by atoms with van der Waals surface area (Å²) in [5.41, 5.74) is -0.123. The maximum absolute atomic E-state index is 13.2. The average Bonchev–Trinajstić information content (AvgIpc) is 2.17. The van der Waals surface area contributed by atoms with Crippen LogP contribution in [-0.4, -0.2) is 16.1 Å². The molecule has 0 fully saturated rings. The summed E-state index contributed by atoms with van der Waals surface area (Å²) in [5.74, 6) is -1.59. The highest BCUT2D eigenvalue weighted by Crippen LogP contribution is 2.19. The smallest absolute Gasteiger partial charge is 0.355 e. The minimum Gasteiger partial charge on any atom is -0.476 e. The molecule has 4 heteroatoms. The van der Waals surface area contributed by atoms with Gasteiger partial charge in [0.25, 0.3) is 0 Å². The van der Waals surface area contributed by atoms with Crippen LogP contribution in [-0.2, 0) is 0 Å². The molecule has 14 heavy (non-hydrogen) atoms. The van der Waals surface area contributed by atoms with Crippen LogP contribution >= 0.6 is 0 Å². The van der Waals surface area contributed by atoms with Crippen LogP contribution in [0.5, 0.6) is 0 Å². The van der Waals surface area contributed by atoms with Crippen molar-refractivity contribution in [2.24, 2.45) is 0 Å². The van der Waals surface area contributed by atoms with Crippen LogP contribution in [0.1, 0.15) is 10.5 Å². The van der Waals surface area contributed by atoms with Crippen molar-refractivity contribution in [3.8, 4) is 0 Å². The Kier molecular flexibility index (Phi) is 1.89. The molecule has 1 aromatic carbocycles. The molecule has 3 nitrogen and oxygen atoms in total. The fourth-order valence-corrected chi connectivity index (χ4v) is 1.34. The van der Waals surface area contributed by atoms with Gasteiger partial charge in [0, 0.05) is 17.0 Å². The van der Waals surface area contributed by atoms with Crippen molar-refractivity contribution in [1.29, 1.82) is 0 Å². The molecule has 1 heterocycles. The first kappa shape index (κ1) is 8.62. The minimum absolute atomic E-state index is 0.123. The molecular formula is C10H6FNO2. The number of carboxylic acids is 1. The monoisotopic (exact) mass is 191 g/mol. The Morgan fingerprint density at radius 2 is 2.07 bits per heavy atom. The lowest BCUT2D eigenvalue weighted by Crippen LogP contribution is -2.01. The van der Waals surface area contributed by atoms with Gasteiger partial charge in [-0.25, -0.2) is 14.2 Å². The second-order valence-electron chi connectivity index (χ2n) is 2.80. The lowest BCUT2D eigenvalue weighted by Gasteiger charge is -2.01. The van der Waals surface area contributed by atoms with Crippen LogP contribution in [0.2, 0.25) is 0 Å². The second kappa shape index (κ2) is 3.06. The zero-order valence-corrected chi connectivity index (χ0v) is 7.07. The lowest BCUT2D eigenvalue weighted by molar-refractivity contribution is 0.0693. The van der Waals surface area contributed by atoms with Gasteiger partial charge in [0.15, 0.2) is 5.69 Å². The molecule has 2 aromatic rings. The van der Waals surface area contributed by atoms with Crippen molar-refractivity contribution in [3.05, 3.63) is 42.0 Å². The van der Waals surface area contributed by atoms with Crippen molar-refractivity contribution in [3.63, 3.8) is 0 Å². The first-order chi connectivity index (χ1) is 6.70. The third kappa shape index (κ3) is 1.21. The summed E-state index contributed by atoms with van der Waals surface area (Å²) in [4.78, 5) is 14.4. The number of hydrogen-bond acceptors (Lipinski definition) is 2. The van der Waals surface area contributed by atoms with Gasteiger partial charge in [0.1, 0.15) is 5.82 Å². The highest BCUT2D eigenvalue weighted by atomic mass is 19.1. The van der Waals surface area contributed by atoms with Crippen LogP contribution in [0.4, 0.5) is 4.39 Å². The van der Waals surface area contributed by atoms with Crippen molar-refractivity contribution in [2.75, 3.05) is 0 Å². The van der Waals surface area contributed by atoms with E-state index in [1.807, 2.05) is 0 Å². The van der Waals surface area contributed by atoms with Crippen molar-refractivity contribution in [2.45, 2.75) is 0 Å². The SMILES string of the molecule is O=C(O)c1nccc2c(F)cccc12. The molecule has 0 radical (unpaired) electrons. The van der Waals surface area contributed by atoms with E-state index < -0.39 is 11.8 Å². The summed E-state index contributed by atoms with van der Waals surface area (Å²) in [6.07, 6.45) is 1.29. The third-order valence-corrected chi connectivity index (χ3v) is 1.96. The first-order valence-electron chi connectivity index (χ1n) is 3.96. The molecular weight excluding hydrogens is 185 g/mol. The number of carbonyl (C=O) groups is 1. The molecule has 0 unspecified atom stereocenters. The number of aromatic carboxylic acids is 1. The van der Waals surface area contributed by atoms with Gasteiger partial charge in [-0.15, -0.1) is 0 Å². The normalized spacial score (nSPS) is 10.4. The maximum Gasteiger partial charge on any atom is 0.355 e. The summed E-state index contributed by atoms with van der Waals surface area (Å²) in [6, 6.07) is 5.74. The molecule has 0 amide bonds. The second-order valence-corrected chi connectivity index (χ2v) is 2.80. The molecule has 0 saturated carbocycles. The predicted molar refractivity (Wildman–Crippen MR) is 48.7 cm³/mol. The van der Waals surface area contributed by atoms with Gasteiger partial charge in [-0.05, 0) is 12.1 Å². The molecule has 0 aliphatic rings. The Hall–Kier alpha value is -1.97. The van der Waals surface area contributed by atoms with Crippen LogP contribution in [0.25, 0.3) is 10.8 Å². The van der Waals surface area contributed by atoms with Crippen LogP contribution in [0.15, 0.2) is 30.5 Å². The zero-order valence-electron chi connectivity index (χ0n) is 7.07. The number of pyridine rings is 1. The molecule has 0 aliphatic heterocycles. The fourth-order valence-electron chi connectivity index (χ4n) is 1.34. The molecule has 0 bridgehead atoms. The van der Waals surface area contributed by atoms with Crippen molar-refractivity contribution in [1.82, 2.24) is 4.98 Å². The molecule has 2 rings (SSSR count). The Labute approximate surface area is 78.8 Å². The Morgan fingerprint density at radius 1 is 1.29 bits per heavy atom. The third-order valence-electron chi connectivity index (χ3n) is 1.96. The van der Waals surface area contributed by atoms with E-state index in [4.69, 9.17) is 5.11 Å². The summed E-state index contributed by atoms with van der Waals surface area (Å²) in [7, 11) is 0. The number of fused-ring (bicyclic) bond motifs is 1. The van der Waals surface area contributed by atoms with E-state index in [2.05, 4.69) is 4.98 Å². The molecule has 70 valence electrons. The van der Waals surface area contributed by atoms with E-state index >= 15 is 0 Å². The van der Waals surface area contributed by atoms with Crippen LogP contribution < -0.4 is 0 Å². The standard InChI is InChI=1S/C10H6FNO2/c11-8-3-1-2-7-6(8)4-5-12-9(7)10(13)14/h1-5H,(H,13,14). The number of benzene rings is 1. The van der Waals surface area contributed by atoms with Gasteiger partial charge in [-0.2, -0.15) is 0 Å². The van der Waals surface area contributed by atoms with E-state index in [1.54, 1.807) is 0 Å². The zero-order chi connectivity index (χ0) is 10.1.